The van der Waals surface area contributed by atoms with Gasteiger partial charge < -0.3 is 9.90 Å². The smallest absolute Gasteiger partial charge is 0.180 e. The molecule has 0 saturated carbocycles. The Balaban J connectivity index is 0. The van der Waals surface area contributed by atoms with Gasteiger partial charge in [0.15, 0.2) is 5.97 Å². The molecule has 0 aliphatic carbocycles. The van der Waals surface area contributed by atoms with Crippen LogP contribution in [0.2, 0.25) is 0 Å². The van der Waals surface area contributed by atoms with Crippen LogP contribution < -0.4 is 0 Å². The van der Waals surface area contributed by atoms with Gasteiger partial charge in [0, 0.05) is 32.7 Å². The van der Waals surface area contributed by atoms with Crippen molar-refractivity contribution in [2.24, 2.45) is 0 Å². The van der Waals surface area contributed by atoms with Gasteiger partial charge in [-0.15, -0.1) is 0 Å². The number of hydrogen-bond donors (Lipinski definition) is 1. The van der Waals surface area contributed by atoms with Gasteiger partial charge in [0.2, 0.25) is 0 Å². The van der Waals surface area contributed by atoms with Crippen LogP contribution in [0.15, 0.2) is 0 Å². The molecule has 0 aliphatic heterocycles. The Morgan fingerprint density at radius 2 is 1.83 bits per heavy atom. The Bertz CT molecular complexity index is 59.8. The maximum absolute atomic E-state index is 8.94. The molecule has 0 heterocycles. The van der Waals surface area contributed by atoms with Crippen molar-refractivity contribution < 1.29 is 47.4 Å². The van der Waals surface area contributed by atoms with Crippen molar-refractivity contribution in [3.8, 4) is 0 Å². The molecule has 3 nitrogen and oxygen atoms in total. The van der Waals surface area contributed by atoms with Crippen molar-refractivity contribution in [3.05, 3.63) is 0 Å². The van der Waals surface area contributed by atoms with Gasteiger partial charge in [-0.2, -0.15) is 6.29 Å². The summed E-state index contributed by atoms with van der Waals surface area (Å²) in [5, 5.41) is 7.30. The van der Waals surface area contributed by atoms with Crippen LogP contribution in [0.3, 0.4) is 0 Å². The van der Waals surface area contributed by atoms with E-state index in [4.69, 9.17) is 14.7 Å². The van der Waals surface area contributed by atoms with Gasteiger partial charge in [0.05, 0.1) is 0 Å². The van der Waals surface area contributed by atoms with E-state index in [0.29, 0.717) is 6.29 Å². The van der Waals surface area contributed by atoms with Crippen LogP contribution in [-0.4, -0.2) is 17.4 Å². The third-order valence-corrected chi connectivity index (χ3v) is 0.0873. The predicted octanol–water partition coefficient (Wildman–Crippen LogP) is -0.822. The van der Waals surface area contributed by atoms with Crippen molar-refractivity contribution in [2.75, 3.05) is 0 Å². The fourth-order valence-electron chi connectivity index (χ4n) is 0. The van der Waals surface area contributed by atoms with E-state index in [9.17, 15) is 0 Å². The molecule has 0 aliphatic rings. The van der Waals surface area contributed by atoms with Crippen molar-refractivity contribution in [1.29, 1.82) is 0 Å². The van der Waals surface area contributed by atoms with E-state index in [1.54, 1.807) is 0 Å². The molecule has 0 aromatic rings. The van der Waals surface area contributed by atoms with E-state index in [1.165, 1.54) is 0 Å². The molecular formula is C2HO3Y-. The fraction of sp³-hybridized carbons (Fsp3) is 0. The molecular weight excluding hydrogens is 161 g/mol. The monoisotopic (exact) mass is 162 g/mol. The summed E-state index contributed by atoms with van der Waals surface area (Å²) in [6.07, 6.45) is 0.694. The molecule has 0 aromatic carbocycles. The largest absolute Gasteiger partial charge is 0.531 e. The standard InChI is InChI=1S/C2HO3.Y/c3-1-2(4)5;/h(H,4,5);/q-1;. The van der Waals surface area contributed by atoms with E-state index < -0.39 is 5.97 Å². The van der Waals surface area contributed by atoms with Crippen LogP contribution in [0.4, 0.5) is 0 Å². The Hall–Kier alpha value is 0.244. The van der Waals surface area contributed by atoms with Gasteiger partial charge in [0.25, 0.3) is 0 Å². The molecule has 31 valence electrons. The molecule has 0 spiro atoms. The topological polar surface area (TPSA) is 54.4 Å². The summed E-state index contributed by atoms with van der Waals surface area (Å²) in [4.78, 5) is 17.7. The van der Waals surface area contributed by atoms with Crippen LogP contribution in [0.5, 0.6) is 0 Å². The summed E-state index contributed by atoms with van der Waals surface area (Å²) in [5.41, 5.74) is 0. The first-order valence-corrected chi connectivity index (χ1v) is 0.882. The molecule has 1 radical (unpaired) electrons. The molecule has 0 bridgehead atoms. The summed E-state index contributed by atoms with van der Waals surface area (Å²) in [6, 6.07) is 0. The van der Waals surface area contributed by atoms with Crippen LogP contribution >= 0.6 is 0 Å². The zero-order chi connectivity index (χ0) is 4.28. The van der Waals surface area contributed by atoms with Gasteiger partial charge in [-0.25, -0.2) is 0 Å². The summed E-state index contributed by atoms with van der Waals surface area (Å²) in [5.74, 6) is -1.55. The molecule has 4 heteroatoms. The average Bonchev–Trinajstić information content (AvgIpc) is 1.38. The summed E-state index contributed by atoms with van der Waals surface area (Å²) in [7, 11) is 0. The Morgan fingerprint density at radius 1 is 1.67 bits per heavy atom. The van der Waals surface area contributed by atoms with Crippen molar-refractivity contribution in [1.82, 2.24) is 0 Å². The Kier molecular flexibility index (Phi) is 8.33. The quantitative estimate of drug-likeness (QED) is 0.404. The van der Waals surface area contributed by atoms with E-state index in [-0.39, 0.29) is 32.7 Å². The van der Waals surface area contributed by atoms with E-state index in [2.05, 4.69) is 0 Å². The normalized spacial score (nSPS) is 5.33. The zero-order valence-corrected chi connectivity index (χ0v) is 5.68. The molecule has 6 heavy (non-hydrogen) atoms. The van der Waals surface area contributed by atoms with Crippen LogP contribution in [0.25, 0.3) is 0 Å². The zero-order valence-electron chi connectivity index (χ0n) is 2.84. The minimum Gasteiger partial charge on any atom is -0.531 e. The number of aliphatic carboxylic acids is 1. The van der Waals surface area contributed by atoms with Crippen LogP contribution in [-0.2, 0) is 42.3 Å². The SMILES string of the molecule is O=[C-]C(=O)O.[Y]. The summed E-state index contributed by atoms with van der Waals surface area (Å²) < 4.78 is 0. The Morgan fingerprint density at radius 3 is 1.83 bits per heavy atom. The molecule has 0 aromatic heterocycles. The third kappa shape index (κ3) is 8.87. The van der Waals surface area contributed by atoms with Gasteiger partial charge in [-0.05, 0) is 0 Å². The van der Waals surface area contributed by atoms with Crippen molar-refractivity contribution in [2.45, 2.75) is 0 Å². The number of rotatable bonds is 1. The summed E-state index contributed by atoms with van der Waals surface area (Å²) in [6.45, 7) is 0. The second-order valence-electron chi connectivity index (χ2n) is 0.407. The molecule has 1 N–H and O–H groups in total. The van der Waals surface area contributed by atoms with Gasteiger partial charge >= 0.3 is 0 Å². The van der Waals surface area contributed by atoms with Crippen LogP contribution in [0.1, 0.15) is 0 Å². The average molecular weight is 162 g/mol. The number of carbonyl (C=O) groups excluding carboxylic acids is 1. The number of hydrogen-bond acceptors (Lipinski definition) is 2. The van der Waals surface area contributed by atoms with Crippen molar-refractivity contribution >= 4 is 12.3 Å². The number of carboxylic acids is 1. The van der Waals surface area contributed by atoms with Gasteiger partial charge in [0.1, 0.15) is 0 Å². The molecule has 0 rings (SSSR count). The molecule has 0 unspecified atom stereocenters. The minimum absolute atomic E-state index is 0. The van der Waals surface area contributed by atoms with Gasteiger partial charge in [-0.1, -0.05) is 0 Å². The number of carboxylic acid groups (broad SMARTS) is 1. The molecule has 0 amide bonds. The Labute approximate surface area is 59.6 Å². The first-order valence-electron chi connectivity index (χ1n) is 0.882. The predicted molar refractivity (Wildman–Crippen MR) is 13.3 cm³/mol. The van der Waals surface area contributed by atoms with E-state index >= 15 is 0 Å². The van der Waals surface area contributed by atoms with Crippen LogP contribution in [0, 0.1) is 0 Å². The van der Waals surface area contributed by atoms with E-state index in [1.807, 2.05) is 0 Å². The molecule has 0 saturated heterocycles. The third-order valence-electron chi connectivity index (χ3n) is 0.0873. The fourth-order valence-corrected chi connectivity index (χ4v) is 0. The number of carbonyl (C=O) groups is 1. The van der Waals surface area contributed by atoms with Gasteiger partial charge in [-0.3, -0.25) is 4.79 Å². The first-order chi connectivity index (χ1) is 2.27. The minimum atomic E-state index is -1.55. The second kappa shape index (κ2) is 5.24. The second-order valence-corrected chi connectivity index (χ2v) is 0.407. The maximum Gasteiger partial charge on any atom is 0.180 e. The molecule has 0 fully saturated rings. The summed E-state index contributed by atoms with van der Waals surface area (Å²) >= 11 is 0. The van der Waals surface area contributed by atoms with Crippen molar-refractivity contribution in [3.63, 3.8) is 0 Å². The first kappa shape index (κ1) is 9.53. The van der Waals surface area contributed by atoms with E-state index in [0.717, 1.165) is 0 Å². The molecule has 0 atom stereocenters. The maximum atomic E-state index is 8.94.